The summed E-state index contributed by atoms with van der Waals surface area (Å²) >= 11 is 1.63. The van der Waals surface area contributed by atoms with Gasteiger partial charge in [-0.25, -0.2) is 0 Å². The molecule has 2 N–H and O–H groups in total. The Balaban J connectivity index is 1.66. The first-order valence-corrected chi connectivity index (χ1v) is 7.55. The fourth-order valence-electron chi connectivity index (χ4n) is 2.38. The molecule has 2 aromatic rings. The van der Waals surface area contributed by atoms with Gasteiger partial charge in [0, 0.05) is 22.7 Å². The van der Waals surface area contributed by atoms with Gasteiger partial charge in [-0.3, -0.25) is 4.79 Å². The van der Waals surface area contributed by atoms with E-state index in [0.717, 1.165) is 30.2 Å². The molecular formula is C15H17NO2S. The van der Waals surface area contributed by atoms with Crippen LogP contribution >= 0.6 is 11.3 Å². The maximum Gasteiger partial charge on any atom is 0.223 e. The highest BCUT2D eigenvalue weighted by molar-refractivity contribution is 7.17. The number of rotatable bonds is 4. The fourth-order valence-corrected chi connectivity index (χ4v) is 3.39. The largest absolute Gasteiger partial charge is 0.387 e. The minimum Gasteiger partial charge on any atom is -0.387 e. The average molecular weight is 275 g/mol. The van der Waals surface area contributed by atoms with E-state index in [9.17, 15) is 9.90 Å². The predicted molar refractivity (Wildman–Crippen MR) is 77.1 cm³/mol. The Morgan fingerprint density at radius 3 is 2.95 bits per heavy atom. The van der Waals surface area contributed by atoms with Gasteiger partial charge in [-0.1, -0.05) is 24.6 Å². The molecule has 1 aromatic carbocycles. The summed E-state index contributed by atoms with van der Waals surface area (Å²) in [5.41, 5.74) is 0.912. The van der Waals surface area contributed by atoms with Gasteiger partial charge in [0.1, 0.15) is 0 Å². The second kappa shape index (κ2) is 5.31. The van der Waals surface area contributed by atoms with Gasteiger partial charge in [0.25, 0.3) is 0 Å². The zero-order valence-electron chi connectivity index (χ0n) is 10.6. The molecule has 3 nitrogen and oxygen atoms in total. The number of thiophene rings is 1. The van der Waals surface area contributed by atoms with Crippen LogP contribution in [0, 0.1) is 5.92 Å². The average Bonchev–Trinajstić information content (AvgIpc) is 2.77. The monoisotopic (exact) mass is 275 g/mol. The third-order valence-electron chi connectivity index (χ3n) is 3.82. The van der Waals surface area contributed by atoms with Crippen LogP contribution in [-0.2, 0) is 4.79 Å². The Morgan fingerprint density at radius 1 is 1.42 bits per heavy atom. The van der Waals surface area contributed by atoms with Crippen molar-refractivity contribution in [1.82, 2.24) is 5.32 Å². The zero-order chi connectivity index (χ0) is 13.2. The molecule has 0 saturated heterocycles. The molecule has 3 rings (SSSR count). The molecule has 1 saturated carbocycles. The number of fused-ring (bicyclic) bond motifs is 1. The molecule has 100 valence electrons. The number of amides is 1. The predicted octanol–water partition coefficient (Wildman–Crippen LogP) is 2.85. The lowest BCUT2D eigenvalue weighted by Gasteiger charge is -2.24. The quantitative estimate of drug-likeness (QED) is 0.901. The molecule has 1 aliphatic carbocycles. The summed E-state index contributed by atoms with van der Waals surface area (Å²) in [4.78, 5) is 11.7. The van der Waals surface area contributed by atoms with Gasteiger partial charge in [-0.15, -0.1) is 11.3 Å². The van der Waals surface area contributed by atoms with Crippen molar-refractivity contribution in [2.45, 2.75) is 25.4 Å². The SMILES string of the molecule is O=C(NCC(O)c1csc2ccccc12)C1CCC1. The van der Waals surface area contributed by atoms with Crippen molar-refractivity contribution < 1.29 is 9.90 Å². The first-order valence-electron chi connectivity index (χ1n) is 6.67. The van der Waals surface area contributed by atoms with E-state index in [0.29, 0.717) is 6.54 Å². The lowest BCUT2D eigenvalue weighted by atomic mass is 9.85. The summed E-state index contributed by atoms with van der Waals surface area (Å²) in [5, 5.41) is 16.1. The van der Waals surface area contributed by atoms with Crippen LogP contribution in [0.2, 0.25) is 0 Å². The second-order valence-electron chi connectivity index (χ2n) is 5.08. The molecule has 1 heterocycles. The molecule has 4 heteroatoms. The van der Waals surface area contributed by atoms with Crippen LogP contribution in [0.3, 0.4) is 0 Å². The molecule has 1 amide bonds. The first-order chi connectivity index (χ1) is 9.25. The number of aliphatic hydroxyl groups is 1. The fraction of sp³-hybridized carbons (Fsp3) is 0.400. The lowest BCUT2D eigenvalue weighted by molar-refractivity contribution is -0.127. The van der Waals surface area contributed by atoms with Gasteiger partial charge < -0.3 is 10.4 Å². The summed E-state index contributed by atoms with van der Waals surface area (Å²) < 4.78 is 1.17. The summed E-state index contributed by atoms with van der Waals surface area (Å²) in [5.74, 6) is 0.260. The van der Waals surface area contributed by atoms with Gasteiger partial charge in [0.2, 0.25) is 5.91 Å². The van der Waals surface area contributed by atoms with Crippen LogP contribution in [0.5, 0.6) is 0 Å². The molecule has 19 heavy (non-hydrogen) atoms. The Morgan fingerprint density at radius 2 is 2.21 bits per heavy atom. The smallest absolute Gasteiger partial charge is 0.223 e. The van der Waals surface area contributed by atoms with E-state index >= 15 is 0 Å². The second-order valence-corrected chi connectivity index (χ2v) is 5.99. The van der Waals surface area contributed by atoms with E-state index < -0.39 is 6.10 Å². The first kappa shape index (κ1) is 12.6. The maximum absolute atomic E-state index is 11.7. The number of hydrogen-bond acceptors (Lipinski definition) is 3. The lowest BCUT2D eigenvalue weighted by Crippen LogP contribution is -2.36. The van der Waals surface area contributed by atoms with Gasteiger partial charge in [-0.2, -0.15) is 0 Å². The number of carbonyl (C=O) groups excluding carboxylic acids is 1. The highest BCUT2D eigenvalue weighted by atomic mass is 32.1. The van der Waals surface area contributed by atoms with E-state index in [1.807, 2.05) is 29.6 Å². The molecule has 1 aromatic heterocycles. The van der Waals surface area contributed by atoms with Crippen molar-refractivity contribution in [2.75, 3.05) is 6.54 Å². The summed E-state index contributed by atoms with van der Waals surface area (Å²) in [6, 6.07) is 8.02. The zero-order valence-corrected chi connectivity index (χ0v) is 11.5. The molecule has 1 atom stereocenters. The Labute approximate surface area is 116 Å². The number of hydrogen-bond donors (Lipinski definition) is 2. The summed E-state index contributed by atoms with van der Waals surface area (Å²) in [6.07, 6.45) is 2.50. The van der Waals surface area contributed by atoms with Crippen LogP contribution in [-0.4, -0.2) is 17.6 Å². The summed E-state index contributed by atoms with van der Waals surface area (Å²) in [7, 11) is 0. The topological polar surface area (TPSA) is 49.3 Å². The number of benzene rings is 1. The van der Waals surface area contributed by atoms with Gasteiger partial charge >= 0.3 is 0 Å². The standard InChI is InChI=1S/C15H17NO2S/c17-13(8-16-15(18)10-4-3-5-10)12-9-19-14-7-2-1-6-11(12)14/h1-2,6-7,9-10,13,17H,3-5,8H2,(H,16,18). The Bertz CT molecular complexity index is 589. The van der Waals surface area contributed by atoms with Crippen LogP contribution in [0.15, 0.2) is 29.6 Å². The molecule has 1 fully saturated rings. The third kappa shape index (κ3) is 2.51. The van der Waals surface area contributed by atoms with Crippen molar-refractivity contribution in [3.63, 3.8) is 0 Å². The van der Waals surface area contributed by atoms with Crippen molar-refractivity contribution in [3.8, 4) is 0 Å². The van der Waals surface area contributed by atoms with Crippen molar-refractivity contribution in [3.05, 3.63) is 35.2 Å². The molecule has 0 bridgehead atoms. The summed E-state index contributed by atoms with van der Waals surface area (Å²) in [6.45, 7) is 0.302. The van der Waals surface area contributed by atoms with Crippen molar-refractivity contribution in [2.24, 2.45) is 5.92 Å². The molecular weight excluding hydrogens is 258 g/mol. The van der Waals surface area contributed by atoms with Crippen LogP contribution in [0.1, 0.15) is 30.9 Å². The number of carbonyl (C=O) groups is 1. The van der Waals surface area contributed by atoms with Gasteiger partial charge in [0.15, 0.2) is 0 Å². The van der Waals surface area contributed by atoms with Gasteiger partial charge in [0.05, 0.1) is 6.10 Å². The van der Waals surface area contributed by atoms with Crippen molar-refractivity contribution in [1.29, 1.82) is 0 Å². The van der Waals surface area contributed by atoms with Crippen LogP contribution < -0.4 is 5.32 Å². The van der Waals surface area contributed by atoms with Crippen LogP contribution in [0.25, 0.3) is 10.1 Å². The van der Waals surface area contributed by atoms with Crippen molar-refractivity contribution >= 4 is 27.3 Å². The molecule has 1 aliphatic rings. The minimum absolute atomic E-state index is 0.0878. The van der Waals surface area contributed by atoms with E-state index in [4.69, 9.17) is 0 Å². The molecule has 1 unspecified atom stereocenters. The van der Waals surface area contributed by atoms with E-state index in [1.165, 1.54) is 4.70 Å². The number of nitrogens with one attached hydrogen (secondary N) is 1. The molecule has 0 aliphatic heterocycles. The molecule has 0 spiro atoms. The van der Waals surface area contributed by atoms with Crippen LogP contribution in [0.4, 0.5) is 0 Å². The Hall–Kier alpha value is -1.39. The van der Waals surface area contributed by atoms with Gasteiger partial charge in [-0.05, 0) is 29.7 Å². The third-order valence-corrected chi connectivity index (χ3v) is 4.80. The minimum atomic E-state index is -0.625. The highest BCUT2D eigenvalue weighted by Gasteiger charge is 2.25. The Kier molecular flexibility index (Phi) is 3.53. The number of aliphatic hydroxyl groups excluding tert-OH is 1. The molecule has 0 radical (unpaired) electrons. The van der Waals surface area contributed by atoms with E-state index in [1.54, 1.807) is 11.3 Å². The maximum atomic E-state index is 11.7. The van der Waals surface area contributed by atoms with E-state index in [2.05, 4.69) is 5.32 Å². The highest BCUT2D eigenvalue weighted by Crippen LogP contribution is 2.30. The van der Waals surface area contributed by atoms with E-state index in [-0.39, 0.29) is 11.8 Å². The normalized spacial score (nSPS) is 17.1.